The third kappa shape index (κ3) is 3.69. The third-order valence-electron chi connectivity index (χ3n) is 3.96. The van der Waals surface area contributed by atoms with E-state index in [0.717, 1.165) is 11.3 Å². The zero-order chi connectivity index (χ0) is 18.0. The molecule has 0 aliphatic rings. The van der Waals surface area contributed by atoms with Crippen LogP contribution in [-0.2, 0) is 0 Å². The van der Waals surface area contributed by atoms with Crippen LogP contribution in [0.25, 0.3) is 11.3 Å². The number of hydrogen-bond donors (Lipinski definition) is 1. The second-order valence-corrected chi connectivity index (χ2v) is 6.94. The Morgan fingerprint density at radius 1 is 1.12 bits per heavy atom. The lowest BCUT2D eigenvalue weighted by atomic mass is 9.99. The number of anilines is 2. The van der Waals surface area contributed by atoms with E-state index < -0.39 is 0 Å². The van der Waals surface area contributed by atoms with Crippen LogP contribution in [0.1, 0.15) is 21.5 Å². The Labute approximate surface area is 151 Å². The van der Waals surface area contributed by atoms with Crippen LogP contribution >= 0.6 is 11.3 Å². The Hall–Kier alpha value is -2.73. The number of carbonyl (C=O) groups is 1. The molecule has 1 N–H and O–H groups in total. The molecule has 0 spiro atoms. The Morgan fingerprint density at radius 3 is 2.36 bits per heavy atom. The first kappa shape index (κ1) is 17.1. The highest BCUT2D eigenvalue weighted by atomic mass is 32.1. The van der Waals surface area contributed by atoms with Crippen LogP contribution in [0, 0.1) is 13.8 Å². The largest absolute Gasteiger partial charge is 0.378 e. The molecule has 0 atom stereocenters. The zero-order valence-corrected chi connectivity index (χ0v) is 15.5. The number of nitrogens with zero attached hydrogens (tertiary/aromatic N) is 3. The molecule has 6 heteroatoms. The summed E-state index contributed by atoms with van der Waals surface area (Å²) in [5, 5.41) is 5.42. The monoisotopic (exact) mass is 352 g/mol. The van der Waals surface area contributed by atoms with Crippen molar-refractivity contribution in [3.8, 4) is 11.3 Å². The fourth-order valence-electron chi connectivity index (χ4n) is 2.72. The smallest absolute Gasteiger partial charge is 0.257 e. The van der Waals surface area contributed by atoms with Gasteiger partial charge in [-0.15, -0.1) is 11.3 Å². The molecule has 0 aliphatic heterocycles. The van der Waals surface area contributed by atoms with Crippen LogP contribution in [0.3, 0.4) is 0 Å². The minimum atomic E-state index is -0.181. The van der Waals surface area contributed by atoms with E-state index in [-0.39, 0.29) is 5.91 Å². The van der Waals surface area contributed by atoms with Gasteiger partial charge in [-0.2, -0.15) is 0 Å². The molecule has 1 aromatic carbocycles. The van der Waals surface area contributed by atoms with E-state index in [0.29, 0.717) is 10.7 Å². The van der Waals surface area contributed by atoms with Crippen LogP contribution in [0.2, 0.25) is 0 Å². The van der Waals surface area contributed by atoms with Crippen LogP contribution in [0.4, 0.5) is 10.8 Å². The van der Waals surface area contributed by atoms with Gasteiger partial charge in [0.25, 0.3) is 5.91 Å². The highest BCUT2D eigenvalue weighted by molar-refractivity contribution is 7.14. The van der Waals surface area contributed by atoms with E-state index >= 15 is 0 Å². The topological polar surface area (TPSA) is 58.1 Å². The molecule has 128 valence electrons. The minimum Gasteiger partial charge on any atom is -0.378 e. The van der Waals surface area contributed by atoms with Crippen molar-refractivity contribution in [2.24, 2.45) is 0 Å². The quantitative estimate of drug-likeness (QED) is 0.767. The summed E-state index contributed by atoms with van der Waals surface area (Å²) in [6, 6.07) is 7.66. The molecule has 2 heterocycles. The summed E-state index contributed by atoms with van der Waals surface area (Å²) < 4.78 is 0. The van der Waals surface area contributed by atoms with Crippen molar-refractivity contribution < 1.29 is 4.79 Å². The van der Waals surface area contributed by atoms with Crippen molar-refractivity contribution in [1.82, 2.24) is 9.97 Å². The van der Waals surface area contributed by atoms with Crippen LogP contribution < -0.4 is 10.2 Å². The average molecular weight is 352 g/mol. The van der Waals surface area contributed by atoms with Crippen molar-refractivity contribution in [2.75, 3.05) is 24.3 Å². The van der Waals surface area contributed by atoms with E-state index in [1.54, 1.807) is 24.5 Å². The first-order chi connectivity index (χ1) is 12.0. The maximum atomic E-state index is 12.2. The lowest BCUT2D eigenvalue weighted by Gasteiger charge is -2.17. The van der Waals surface area contributed by atoms with Gasteiger partial charge >= 0.3 is 0 Å². The van der Waals surface area contributed by atoms with Gasteiger partial charge in [0.05, 0.1) is 5.69 Å². The first-order valence-electron chi connectivity index (χ1n) is 7.91. The number of thiazole rings is 1. The SMILES string of the molecule is Cc1cc(N(C)C)cc(C)c1-c1csc(NC(=O)c2ccncc2)n1. The highest BCUT2D eigenvalue weighted by Gasteiger charge is 2.14. The van der Waals surface area contributed by atoms with Gasteiger partial charge in [-0.1, -0.05) is 0 Å². The number of carbonyl (C=O) groups excluding carboxylic acids is 1. The molecule has 1 amide bonds. The highest BCUT2D eigenvalue weighted by Crippen LogP contribution is 2.33. The van der Waals surface area contributed by atoms with Gasteiger partial charge in [-0.25, -0.2) is 4.98 Å². The Bertz CT molecular complexity index is 880. The Morgan fingerprint density at radius 2 is 1.76 bits per heavy atom. The second kappa shape index (κ2) is 7.03. The molecule has 5 nitrogen and oxygen atoms in total. The third-order valence-corrected chi connectivity index (χ3v) is 4.71. The number of pyridine rings is 1. The number of nitrogens with one attached hydrogen (secondary N) is 1. The number of aromatic nitrogens is 2. The minimum absolute atomic E-state index is 0.181. The normalized spacial score (nSPS) is 10.6. The lowest BCUT2D eigenvalue weighted by molar-refractivity contribution is 0.102. The summed E-state index contributed by atoms with van der Waals surface area (Å²) in [5.74, 6) is -0.181. The zero-order valence-electron chi connectivity index (χ0n) is 14.7. The lowest BCUT2D eigenvalue weighted by Crippen LogP contribution is -2.11. The fraction of sp³-hybridized carbons (Fsp3) is 0.211. The van der Waals surface area contributed by atoms with Gasteiger partial charge in [0.15, 0.2) is 5.13 Å². The summed E-state index contributed by atoms with van der Waals surface area (Å²) in [4.78, 5) is 22.8. The molecule has 3 rings (SSSR count). The molecule has 0 aliphatic carbocycles. The van der Waals surface area contributed by atoms with E-state index in [1.165, 1.54) is 28.2 Å². The molecule has 0 fully saturated rings. The number of hydrogen-bond acceptors (Lipinski definition) is 5. The van der Waals surface area contributed by atoms with Gasteiger partial charge in [0.2, 0.25) is 0 Å². The molecule has 0 saturated heterocycles. The van der Waals surface area contributed by atoms with Gasteiger partial charge in [-0.3, -0.25) is 15.1 Å². The number of amides is 1. The summed E-state index contributed by atoms with van der Waals surface area (Å²) >= 11 is 1.43. The van der Waals surface area contributed by atoms with Gasteiger partial charge in [0.1, 0.15) is 0 Å². The molecule has 2 aromatic heterocycles. The summed E-state index contributed by atoms with van der Waals surface area (Å²) in [6.07, 6.45) is 3.20. The van der Waals surface area contributed by atoms with E-state index in [4.69, 9.17) is 0 Å². The van der Waals surface area contributed by atoms with Crippen LogP contribution in [0.15, 0.2) is 42.0 Å². The molecular formula is C19H20N4OS. The fourth-order valence-corrected chi connectivity index (χ4v) is 3.42. The maximum Gasteiger partial charge on any atom is 0.257 e. The van der Waals surface area contributed by atoms with E-state index in [1.807, 2.05) is 19.5 Å². The number of rotatable bonds is 4. The standard InChI is InChI=1S/C19H20N4OS/c1-12-9-15(23(3)4)10-13(2)17(12)16-11-25-19(21-16)22-18(24)14-5-7-20-8-6-14/h5-11H,1-4H3,(H,21,22,24). The van der Waals surface area contributed by atoms with Gasteiger partial charge in [0, 0.05) is 48.7 Å². The summed E-state index contributed by atoms with van der Waals surface area (Å²) in [7, 11) is 4.06. The van der Waals surface area contributed by atoms with E-state index in [9.17, 15) is 4.79 Å². The van der Waals surface area contributed by atoms with Crippen LogP contribution in [0.5, 0.6) is 0 Å². The predicted molar refractivity (Wildman–Crippen MR) is 104 cm³/mol. The molecule has 3 aromatic rings. The van der Waals surface area contributed by atoms with Crippen molar-refractivity contribution in [1.29, 1.82) is 0 Å². The molecule has 0 radical (unpaired) electrons. The molecular weight excluding hydrogens is 332 g/mol. The maximum absolute atomic E-state index is 12.2. The van der Waals surface area contributed by atoms with Gasteiger partial charge in [-0.05, 0) is 49.2 Å². The molecule has 0 saturated carbocycles. The molecule has 0 unspecified atom stereocenters. The molecule has 0 bridgehead atoms. The van der Waals surface area contributed by atoms with Crippen molar-refractivity contribution in [3.05, 3.63) is 58.7 Å². The number of aryl methyl sites for hydroxylation is 2. The number of benzene rings is 1. The Kier molecular flexibility index (Phi) is 4.81. The van der Waals surface area contributed by atoms with E-state index in [2.05, 4.69) is 46.2 Å². The van der Waals surface area contributed by atoms with Crippen molar-refractivity contribution >= 4 is 28.1 Å². The molecule has 25 heavy (non-hydrogen) atoms. The van der Waals surface area contributed by atoms with Crippen molar-refractivity contribution in [3.63, 3.8) is 0 Å². The van der Waals surface area contributed by atoms with Gasteiger partial charge < -0.3 is 4.90 Å². The average Bonchev–Trinajstić information content (AvgIpc) is 3.03. The second-order valence-electron chi connectivity index (χ2n) is 6.08. The first-order valence-corrected chi connectivity index (χ1v) is 8.79. The van der Waals surface area contributed by atoms with Crippen LogP contribution in [-0.4, -0.2) is 30.0 Å². The predicted octanol–water partition coefficient (Wildman–Crippen LogP) is 4.14. The summed E-state index contributed by atoms with van der Waals surface area (Å²) in [6.45, 7) is 4.17. The van der Waals surface area contributed by atoms with Crippen molar-refractivity contribution in [2.45, 2.75) is 13.8 Å². The Balaban J connectivity index is 1.86. The summed E-state index contributed by atoms with van der Waals surface area (Å²) in [5.41, 5.74) is 6.07.